The Labute approximate surface area is 245 Å². The second-order valence-electron chi connectivity index (χ2n) is 9.88. The molecule has 40 heavy (non-hydrogen) atoms. The van der Waals surface area contributed by atoms with E-state index in [1.54, 1.807) is 26.4 Å². The van der Waals surface area contributed by atoms with Gasteiger partial charge >= 0.3 is 5.97 Å². The highest BCUT2D eigenvalue weighted by atomic mass is 35.5. The van der Waals surface area contributed by atoms with Crippen molar-refractivity contribution < 1.29 is 19.4 Å². The molecule has 0 saturated carbocycles. The summed E-state index contributed by atoms with van der Waals surface area (Å²) in [5.41, 5.74) is 1.49. The number of methoxy groups -OCH3 is 1. The number of carboxylic acid groups (broad SMARTS) is 1. The molecule has 3 aromatic heterocycles. The minimum Gasteiger partial charge on any atom is -0.477 e. The lowest BCUT2D eigenvalue weighted by Gasteiger charge is -2.37. The van der Waals surface area contributed by atoms with E-state index in [-0.39, 0.29) is 39.3 Å². The molecule has 3 aromatic rings. The van der Waals surface area contributed by atoms with Crippen molar-refractivity contribution in [2.24, 2.45) is 0 Å². The van der Waals surface area contributed by atoms with Crippen LogP contribution in [0.1, 0.15) is 39.2 Å². The Morgan fingerprint density at radius 2 is 1.98 bits per heavy atom. The number of piperazine rings is 1. The van der Waals surface area contributed by atoms with Crippen LogP contribution >= 0.6 is 34.5 Å². The third-order valence-corrected chi connectivity index (χ3v) is 9.16. The smallest absolute Gasteiger partial charge is 0.348 e. The highest BCUT2D eigenvalue weighted by Crippen LogP contribution is 2.34. The number of aromatic carboxylic acids is 1. The quantitative estimate of drug-likeness (QED) is 0.315. The predicted octanol–water partition coefficient (Wildman–Crippen LogP) is 3.06. The summed E-state index contributed by atoms with van der Waals surface area (Å²) < 4.78 is 5.70. The molecule has 2 aliphatic rings. The average Bonchev–Trinajstić information content (AvgIpc) is 3.51. The van der Waals surface area contributed by atoms with Gasteiger partial charge in [-0.05, 0) is 20.3 Å². The standard InChI is InChI=1S/C25H30Cl2N8O4S/c1-12-10-34(7-5-28-12)17-9-29-15(8-30-17)20-22(24(37)38)40-25(33-20)35-6-4-14(16(11-35)39-3)32-23(36)21-19(27)18(26)13(2)31-21/h8-9,12,14,16,28,31H,4-7,10-11H2,1-3H3,(H,32,36)(H,37,38)/t12-,14?,16+/m1/s1. The number of carbonyl (C=O) groups is 2. The van der Waals surface area contributed by atoms with Gasteiger partial charge in [-0.15, -0.1) is 0 Å². The van der Waals surface area contributed by atoms with E-state index in [9.17, 15) is 14.7 Å². The van der Waals surface area contributed by atoms with Gasteiger partial charge in [-0.25, -0.2) is 19.7 Å². The molecule has 5 heterocycles. The number of halogens is 2. The molecule has 0 bridgehead atoms. The summed E-state index contributed by atoms with van der Waals surface area (Å²) in [6.07, 6.45) is 3.42. The van der Waals surface area contributed by atoms with Crippen LogP contribution < -0.4 is 20.4 Å². The van der Waals surface area contributed by atoms with Crippen LogP contribution in [0.15, 0.2) is 12.4 Å². The maximum Gasteiger partial charge on any atom is 0.348 e. The van der Waals surface area contributed by atoms with E-state index >= 15 is 0 Å². The number of carbonyl (C=O) groups excluding carboxylic acids is 1. The molecule has 1 unspecified atom stereocenters. The van der Waals surface area contributed by atoms with Crippen LogP contribution in [-0.2, 0) is 4.74 Å². The lowest BCUT2D eigenvalue weighted by Crippen LogP contribution is -2.55. The molecule has 2 fully saturated rings. The lowest BCUT2D eigenvalue weighted by atomic mass is 10.0. The third-order valence-electron chi connectivity index (χ3n) is 7.11. The number of aromatic nitrogens is 4. The van der Waals surface area contributed by atoms with Gasteiger partial charge in [0.2, 0.25) is 0 Å². The minimum atomic E-state index is -1.08. The van der Waals surface area contributed by atoms with Crippen molar-refractivity contribution in [2.75, 3.05) is 49.6 Å². The van der Waals surface area contributed by atoms with Crippen molar-refractivity contribution in [3.8, 4) is 11.4 Å². The monoisotopic (exact) mass is 608 g/mol. The van der Waals surface area contributed by atoms with Gasteiger partial charge in [0, 0.05) is 51.6 Å². The summed E-state index contributed by atoms with van der Waals surface area (Å²) in [6, 6.07) is 0.0500. The number of aryl methyl sites for hydroxylation is 1. The van der Waals surface area contributed by atoms with E-state index in [1.807, 2.05) is 4.90 Å². The highest BCUT2D eigenvalue weighted by Gasteiger charge is 2.34. The Kier molecular flexibility index (Phi) is 8.47. The van der Waals surface area contributed by atoms with Crippen LogP contribution in [0.2, 0.25) is 10.0 Å². The van der Waals surface area contributed by atoms with Crippen LogP contribution in [0, 0.1) is 6.92 Å². The summed E-state index contributed by atoms with van der Waals surface area (Å²) in [5.74, 6) is -0.708. The normalized spacial score (nSPS) is 21.5. The van der Waals surface area contributed by atoms with Crippen molar-refractivity contribution in [2.45, 2.75) is 38.5 Å². The first-order valence-electron chi connectivity index (χ1n) is 12.8. The zero-order valence-electron chi connectivity index (χ0n) is 22.2. The largest absolute Gasteiger partial charge is 0.477 e. The highest BCUT2D eigenvalue weighted by molar-refractivity contribution is 7.17. The number of piperidine rings is 1. The van der Waals surface area contributed by atoms with Crippen molar-refractivity contribution >= 4 is 57.4 Å². The molecule has 12 nitrogen and oxygen atoms in total. The van der Waals surface area contributed by atoms with Crippen LogP contribution in [0.25, 0.3) is 11.4 Å². The molecule has 5 rings (SSSR count). The minimum absolute atomic E-state index is 0.0888. The number of anilines is 2. The number of H-pyrrole nitrogens is 1. The Hall–Kier alpha value is -2.97. The molecule has 4 N–H and O–H groups in total. The number of aromatic amines is 1. The Morgan fingerprint density at radius 1 is 1.18 bits per heavy atom. The SMILES string of the molecule is CO[C@H]1CN(c2nc(-c3cnc(N4CCN[C@H](C)C4)cn3)c(C(=O)O)s2)CCC1NC(=O)c1[nH]c(C)c(Cl)c1Cl. The van der Waals surface area contributed by atoms with Gasteiger partial charge in [0.1, 0.15) is 27.8 Å². The van der Waals surface area contributed by atoms with Gasteiger partial charge in [-0.2, -0.15) is 0 Å². The van der Waals surface area contributed by atoms with Gasteiger partial charge in [0.05, 0.1) is 34.6 Å². The Morgan fingerprint density at radius 3 is 2.60 bits per heavy atom. The molecule has 2 aliphatic heterocycles. The third kappa shape index (κ3) is 5.75. The zero-order chi connectivity index (χ0) is 28.6. The summed E-state index contributed by atoms with van der Waals surface area (Å²) in [5, 5.41) is 17.3. The summed E-state index contributed by atoms with van der Waals surface area (Å²) >= 11 is 13.4. The van der Waals surface area contributed by atoms with Gasteiger partial charge in [0.15, 0.2) is 5.13 Å². The van der Waals surface area contributed by atoms with Crippen molar-refractivity contribution in [1.29, 1.82) is 0 Å². The Bertz CT molecular complexity index is 1400. The van der Waals surface area contributed by atoms with Crippen LogP contribution in [-0.4, -0.2) is 94.9 Å². The molecule has 3 atom stereocenters. The first-order valence-corrected chi connectivity index (χ1v) is 14.4. The number of hydrogen-bond acceptors (Lipinski definition) is 10. The molecule has 0 radical (unpaired) electrons. The lowest BCUT2D eigenvalue weighted by molar-refractivity contribution is 0.0540. The van der Waals surface area contributed by atoms with E-state index in [0.29, 0.717) is 47.1 Å². The van der Waals surface area contributed by atoms with Crippen LogP contribution in [0.4, 0.5) is 10.9 Å². The summed E-state index contributed by atoms with van der Waals surface area (Å²) in [4.78, 5) is 45.8. The van der Waals surface area contributed by atoms with Gasteiger partial charge in [-0.1, -0.05) is 34.5 Å². The number of hydrogen-bond donors (Lipinski definition) is 4. The van der Waals surface area contributed by atoms with Gasteiger partial charge in [0.25, 0.3) is 5.91 Å². The van der Waals surface area contributed by atoms with Crippen molar-refractivity contribution in [1.82, 2.24) is 30.6 Å². The fourth-order valence-corrected chi connectivity index (χ4v) is 6.34. The van der Waals surface area contributed by atoms with Crippen molar-refractivity contribution in [3.63, 3.8) is 0 Å². The number of carboxylic acids is 1. The summed E-state index contributed by atoms with van der Waals surface area (Å²) in [6.45, 7) is 7.28. The predicted molar refractivity (Wildman–Crippen MR) is 154 cm³/mol. The van der Waals surface area contributed by atoms with Gasteiger partial charge < -0.3 is 35.3 Å². The first-order chi connectivity index (χ1) is 19.2. The van der Waals surface area contributed by atoms with Crippen LogP contribution in [0.5, 0.6) is 0 Å². The molecule has 0 spiro atoms. The second kappa shape index (κ2) is 11.9. The molecular weight excluding hydrogens is 579 g/mol. The molecule has 0 aromatic carbocycles. The number of rotatable bonds is 7. The van der Waals surface area contributed by atoms with Crippen LogP contribution in [0.3, 0.4) is 0 Å². The molecule has 0 aliphatic carbocycles. The summed E-state index contributed by atoms with van der Waals surface area (Å²) in [7, 11) is 1.57. The number of nitrogens with one attached hydrogen (secondary N) is 3. The molecular formula is C25H30Cl2N8O4S. The number of nitrogens with zero attached hydrogens (tertiary/aromatic N) is 5. The van der Waals surface area contributed by atoms with E-state index in [1.165, 1.54) is 0 Å². The maximum atomic E-state index is 12.9. The van der Waals surface area contributed by atoms with E-state index in [2.05, 4.69) is 42.4 Å². The van der Waals surface area contributed by atoms with Gasteiger partial charge in [-0.3, -0.25) is 4.79 Å². The fraction of sp³-hybridized carbons (Fsp3) is 0.480. The molecule has 1 amide bonds. The first kappa shape index (κ1) is 28.6. The second-order valence-corrected chi connectivity index (χ2v) is 11.6. The fourth-order valence-electron chi connectivity index (χ4n) is 4.97. The molecule has 214 valence electrons. The van der Waals surface area contributed by atoms with Crippen molar-refractivity contribution in [3.05, 3.63) is 38.7 Å². The van der Waals surface area contributed by atoms with E-state index in [0.717, 1.165) is 36.8 Å². The maximum absolute atomic E-state index is 12.9. The average molecular weight is 610 g/mol. The topological polar surface area (TPSA) is 149 Å². The van der Waals surface area contributed by atoms with E-state index in [4.69, 9.17) is 27.9 Å². The number of amides is 1. The molecule has 15 heteroatoms. The molecule has 2 saturated heterocycles. The Balaban J connectivity index is 1.31. The van der Waals surface area contributed by atoms with E-state index < -0.39 is 5.97 Å². The number of ether oxygens (including phenoxy) is 1. The number of thiazole rings is 1. The zero-order valence-corrected chi connectivity index (χ0v) is 24.5.